The lowest BCUT2D eigenvalue weighted by molar-refractivity contribution is -0.384. The van der Waals surface area contributed by atoms with E-state index in [9.17, 15) is 19.7 Å². The lowest BCUT2D eigenvalue weighted by atomic mass is 10.0. The third-order valence-corrected chi connectivity index (χ3v) is 7.87. The number of nitro benzene ring substituents is 1. The summed E-state index contributed by atoms with van der Waals surface area (Å²) in [6.45, 7) is 4.03. The average Bonchev–Trinajstić information content (AvgIpc) is 3.00. The number of anilines is 2. The molecule has 204 valence electrons. The zero-order valence-electron chi connectivity index (χ0n) is 22.1. The van der Waals surface area contributed by atoms with E-state index in [1.807, 2.05) is 41.3 Å². The van der Waals surface area contributed by atoms with Crippen molar-refractivity contribution >= 4 is 33.9 Å². The molecular weight excluding hydrogens is 508 g/mol. The number of carbonyl (C=O) groups excluding carboxylic acids is 1. The summed E-state index contributed by atoms with van der Waals surface area (Å²) in [6, 6.07) is 21.6. The van der Waals surface area contributed by atoms with Crippen molar-refractivity contribution in [1.82, 2.24) is 4.90 Å². The molecule has 4 aromatic rings. The number of benzene rings is 3. The van der Waals surface area contributed by atoms with Crippen LogP contribution in [0, 0.1) is 10.1 Å². The highest BCUT2D eigenvalue weighted by Crippen LogP contribution is 2.34. The number of amides is 1. The first-order valence-corrected chi connectivity index (χ1v) is 13.7. The second kappa shape index (κ2) is 10.8. The number of piperidine rings is 1. The molecule has 0 unspecified atom stereocenters. The second-order valence-corrected chi connectivity index (χ2v) is 10.3. The molecule has 9 heteroatoms. The summed E-state index contributed by atoms with van der Waals surface area (Å²) in [7, 11) is 0. The van der Waals surface area contributed by atoms with E-state index in [0.29, 0.717) is 54.1 Å². The summed E-state index contributed by atoms with van der Waals surface area (Å²) < 4.78 is 5.46. The SMILES string of the molecule is O=C(c1ccc(-c2cc3ccccc3oc2=O)cc1)N1CCN(c2ccc([N+](=O)[O-])c(N3CCCCC3)c2)CC1. The Balaban J connectivity index is 1.14. The molecule has 3 aromatic carbocycles. The molecule has 2 aliphatic rings. The molecule has 2 fully saturated rings. The fourth-order valence-corrected chi connectivity index (χ4v) is 5.66. The normalized spacial score (nSPS) is 15.8. The first-order chi connectivity index (χ1) is 19.5. The van der Waals surface area contributed by atoms with Crippen LogP contribution in [0.4, 0.5) is 17.1 Å². The summed E-state index contributed by atoms with van der Waals surface area (Å²) in [5.74, 6) is -0.0607. The van der Waals surface area contributed by atoms with Crippen molar-refractivity contribution in [3.05, 3.63) is 98.9 Å². The van der Waals surface area contributed by atoms with Crippen LogP contribution in [-0.4, -0.2) is 55.0 Å². The number of fused-ring (bicyclic) bond motifs is 1. The monoisotopic (exact) mass is 538 g/mol. The predicted molar refractivity (Wildman–Crippen MR) is 155 cm³/mol. The summed E-state index contributed by atoms with van der Waals surface area (Å²) in [5.41, 5.74) is 3.61. The van der Waals surface area contributed by atoms with Crippen molar-refractivity contribution in [2.75, 3.05) is 49.1 Å². The summed E-state index contributed by atoms with van der Waals surface area (Å²) in [4.78, 5) is 43.3. The van der Waals surface area contributed by atoms with E-state index in [2.05, 4.69) is 9.80 Å². The molecule has 3 heterocycles. The van der Waals surface area contributed by atoms with Crippen molar-refractivity contribution in [1.29, 1.82) is 0 Å². The number of rotatable bonds is 5. The van der Waals surface area contributed by atoms with Crippen LogP contribution in [0.15, 0.2) is 82.0 Å². The summed E-state index contributed by atoms with van der Waals surface area (Å²) >= 11 is 0. The molecule has 6 rings (SSSR count). The van der Waals surface area contributed by atoms with Gasteiger partial charge in [0.05, 0.1) is 10.5 Å². The zero-order chi connectivity index (χ0) is 27.6. The van der Waals surface area contributed by atoms with Gasteiger partial charge in [0, 0.05) is 62.0 Å². The van der Waals surface area contributed by atoms with Crippen molar-refractivity contribution in [2.24, 2.45) is 0 Å². The van der Waals surface area contributed by atoms with Gasteiger partial charge in [0.15, 0.2) is 0 Å². The van der Waals surface area contributed by atoms with Crippen molar-refractivity contribution in [3.63, 3.8) is 0 Å². The molecule has 9 nitrogen and oxygen atoms in total. The maximum Gasteiger partial charge on any atom is 0.344 e. The fraction of sp³-hybridized carbons (Fsp3) is 0.290. The van der Waals surface area contributed by atoms with E-state index < -0.39 is 5.63 Å². The minimum Gasteiger partial charge on any atom is -0.422 e. The number of nitrogens with zero attached hydrogens (tertiary/aromatic N) is 4. The molecule has 0 atom stereocenters. The van der Waals surface area contributed by atoms with E-state index >= 15 is 0 Å². The minimum absolute atomic E-state index is 0.0607. The van der Waals surface area contributed by atoms with Crippen molar-refractivity contribution < 1.29 is 14.1 Å². The lowest BCUT2D eigenvalue weighted by Gasteiger charge is -2.37. The van der Waals surface area contributed by atoms with Gasteiger partial charge in [0.25, 0.3) is 11.6 Å². The number of hydrogen-bond acceptors (Lipinski definition) is 7. The van der Waals surface area contributed by atoms with Crippen molar-refractivity contribution in [3.8, 4) is 11.1 Å². The Kier molecular flexibility index (Phi) is 6.94. The molecule has 40 heavy (non-hydrogen) atoms. The first-order valence-electron chi connectivity index (χ1n) is 13.7. The Bertz CT molecular complexity index is 1620. The smallest absolute Gasteiger partial charge is 0.344 e. The Morgan fingerprint density at radius 3 is 2.25 bits per heavy atom. The number of nitro groups is 1. The maximum absolute atomic E-state index is 13.3. The van der Waals surface area contributed by atoms with E-state index in [1.54, 1.807) is 36.4 Å². The molecule has 0 bridgehead atoms. The molecule has 0 radical (unpaired) electrons. The third-order valence-electron chi connectivity index (χ3n) is 7.87. The van der Waals surface area contributed by atoms with Crippen LogP contribution in [-0.2, 0) is 0 Å². The lowest BCUT2D eigenvalue weighted by Crippen LogP contribution is -2.48. The molecule has 0 spiro atoms. The average molecular weight is 539 g/mol. The van der Waals surface area contributed by atoms with Crippen LogP contribution in [0.5, 0.6) is 0 Å². The molecular formula is C31H30N4O5. The predicted octanol–water partition coefficient (Wildman–Crippen LogP) is 5.32. The van der Waals surface area contributed by atoms with Gasteiger partial charge in [0.1, 0.15) is 11.3 Å². The van der Waals surface area contributed by atoms with Gasteiger partial charge in [-0.15, -0.1) is 0 Å². The van der Waals surface area contributed by atoms with Crippen LogP contribution < -0.4 is 15.4 Å². The molecule has 2 saturated heterocycles. The highest BCUT2D eigenvalue weighted by atomic mass is 16.6. The number of para-hydroxylation sites is 1. The maximum atomic E-state index is 13.3. The summed E-state index contributed by atoms with van der Waals surface area (Å²) in [6.07, 6.45) is 3.24. The molecule has 1 amide bonds. The Hall–Kier alpha value is -4.66. The highest BCUT2D eigenvalue weighted by Gasteiger charge is 2.26. The van der Waals surface area contributed by atoms with Gasteiger partial charge in [-0.25, -0.2) is 4.79 Å². The van der Waals surface area contributed by atoms with Gasteiger partial charge >= 0.3 is 5.63 Å². The number of piperazine rings is 1. The van der Waals surface area contributed by atoms with Gasteiger partial charge in [-0.3, -0.25) is 14.9 Å². The highest BCUT2D eigenvalue weighted by molar-refractivity contribution is 5.95. The quantitative estimate of drug-likeness (QED) is 0.193. The van der Waals surface area contributed by atoms with Crippen LogP contribution in [0.25, 0.3) is 22.1 Å². The number of carbonyl (C=O) groups is 1. The zero-order valence-corrected chi connectivity index (χ0v) is 22.1. The molecule has 1 aromatic heterocycles. The molecule has 0 N–H and O–H groups in total. The molecule has 2 aliphatic heterocycles. The van der Waals surface area contributed by atoms with E-state index in [1.165, 1.54) is 0 Å². The number of hydrogen-bond donors (Lipinski definition) is 0. The van der Waals surface area contributed by atoms with Gasteiger partial charge in [-0.05, 0) is 61.2 Å². The minimum atomic E-state index is -0.413. The van der Waals surface area contributed by atoms with E-state index in [-0.39, 0.29) is 16.5 Å². The van der Waals surface area contributed by atoms with E-state index in [0.717, 1.165) is 43.4 Å². The topological polar surface area (TPSA) is 100 Å². The second-order valence-electron chi connectivity index (χ2n) is 10.3. The van der Waals surface area contributed by atoms with Crippen LogP contribution >= 0.6 is 0 Å². The standard InChI is InChI=1S/C31H30N4O5/c36-30(23-10-8-22(9-11-23)26-20-24-6-2-3-7-29(24)40-31(26)37)34-18-16-32(17-19-34)25-12-13-27(35(38)39)28(21-25)33-14-4-1-5-15-33/h2-3,6-13,20-21H,1,4-5,14-19H2. The fourth-order valence-electron chi connectivity index (χ4n) is 5.66. The van der Waals surface area contributed by atoms with Gasteiger partial charge in [0.2, 0.25) is 0 Å². The Morgan fingerprint density at radius 1 is 0.800 bits per heavy atom. The Labute approximate surface area is 231 Å². The van der Waals surface area contributed by atoms with Crippen LogP contribution in [0.2, 0.25) is 0 Å². The Morgan fingerprint density at radius 2 is 1.52 bits per heavy atom. The van der Waals surface area contributed by atoms with Gasteiger partial charge in [-0.2, -0.15) is 0 Å². The van der Waals surface area contributed by atoms with E-state index in [4.69, 9.17) is 4.42 Å². The van der Waals surface area contributed by atoms with Crippen molar-refractivity contribution in [2.45, 2.75) is 19.3 Å². The van der Waals surface area contributed by atoms with Gasteiger partial charge < -0.3 is 19.1 Å². The molecule has 0 aliphatic carbocycles. The van der Waals surface area contributed by atoms with Gasteiger partial charge in [-0.1, -0.05) is 30.3 Å². The molecule has 0 saturated carbocycles. The first kappa shape index (κ1) is 25.6. The van der Waals surface area contributed by atoms with Crippen LogP contribution in [0.3, 0.4) is 0 Å². The van der Waals surface area contributed by atoms with Crippen LogP contribution in [0.1, 0.15) is 29.6 Å². The summed E-state index contributed by atoms with van der Waals surface area (Å²) in [5, 5.41) is 12.5. The largest absolute Gasteiger partial charge is 0.422 e. The third kappa shape index (κ3) is 5.02.